The predicted molar refractivity (Wildman–Crippen MR) is 71.9 cm³/mol. The minimum Gasteiger partial charge on any atom is -0.458 e. The van der Waals surface area contributed by atoms with Crippen molar-refractivity contribution in [2.75, 3.05) is 13.2 Å². The summed E-state index contributed by atoms with van der Waals surface area (Å²) in [5.41, 5.74) is 0.748. The van der Waals surface area contributed by atoms with Crippen molar-refractivity contribution in [1.29, 1.82) is 0 Å². The maximum Gasteiger partial charge on any atom is 0.134 e. The lowest BCUT2D eigenvalue weighted by molar-refractivity contribution is 0.104. The Balaban J connectivity index is 2.01. The quantitative estimate of drug-likeness (QED) is 0.807. The fraction of sp³-hybridized carbons (Fsp3) is 0.429. The van der Waals surface area contributed by atoms with Gasteiger partial charge in [0.15, 0.2) is 0 Å². The van der Waals surface area contributed by atoms with Crippen molar-refractivity contribution < 1.29 is 14.3 Å². The number of hydrogen-bond acceptors (Lipinski definition) is 3. The average molecular weight is 269 g/mol. The first-order chi connectivity index (χ1) is 8.70. The van der Waals surface area contributed by atoms with E-state index in [1.54, 1.807) is 6.07 Å². The Morgan fingerprint density at radius 1 is 1.39 bits per heavy atom. The van der Waals surface area contributed by atoms with Crippen LogP contribution in [0.15, 0.2) is 28.7 Å². The number of rotatable bonds is 6. The highest BCUT2D eigenvalue weighted by Gasteiger charge is 2.13. The topological polar surface area (TPSA) is 42.6 Å². The molecule has 0 saturated heterocycles. The van der Waals surface area contributed by atoms with E-state index in [0.29, 0.717) is 30.4 Å². The van der Waals surface area contributed by atoms with Crippen LogP contribution in [0, 0.1) is 0 Å². The monoisotopic (exact) mass is 268 g/mol. The molecular weight excluding hydrogens is 252 g/mol. The molecule has 0 amide bonds. The Bertz CT molecular complexity index is 507. The first-order valence-corrected chi connectivity index (χ1v) is 6.53. The van der Waals surface area contributed by atoms with Gasteiger partial charge in [-0.25, -0.2) is 0 Å². The second kappa shape index (κ2) is 6.23. The molecule has 1 heterocycles. The lowest BCUT2D eigenvalue weighted by atomic mass is 10.1. The van der Waals surface area contributed by atoms with Gasteiger partial charge in [0.2, 0.25) is 0 Å². The molecule has 0 aliphatic carbocycles. The van der Waals surface area contributed by atoms with Gasteiger partial charge in [0.25, 0.3) is 0 Å². The van der Waals surface area contributed by atoms with Crippen molar-refractivity contribution in [3.8, 4) is 0 Å². The van der Waals surface area contributed by atoms with Crippen LogP contribution in [0.3, 0.4) is 0 Å². The van der Waals surface area contributed by atoms with E-state index in [4.69, 9.17) is 20.8 Å². The van der Waals surface area contributed by atoms with E-state index < -0.39 is 6.10 Å². The summed E-state index contributed by atoms with van der Waals surface area (Å²) in [6.07, 6.45) is 0.858. The molecule has 2 aromatic rings. The minimum atomic E-state index is -0.586. The van der Waals surface area contributed by atoms with E-state index in [2.05, 4.69) is 0 Å². The van der Waals surface area contributed by atoms with Gasteiger partial charge in [-0.1, -0.05) is 11.6 Å². The maximum absolute atomic E-state index is 10.0. The minimum absolute atomic E-state index is 0.586. The molecule has 0 aliphatic heterocycles. The molecule has 1 atom stereocenters. The van der Waals surface area contributed by atoms with Crippen LogP contribution in [0.4, 0.5) is 0 Å². The second-order valence-electron chi connectivity index (χ2n) is 4.19. The Labute approximate surface area is 111 Å². The highest BCUT2D eigenvalue weighted by atomic mass is 35.5. The van der Waals surface area contributed by atoms with Gasteiger partial charge in [0.05, 0.1) is 0 Å². The molecule has 0 saturated carbocycles. The van der Waals surface area contributed by atoms with Crippen LogP contribution in [0.2, 0.25) is 5.02 Å². The van der Waals surface area contributed by atoms with Gasteiger partial charge in [0.1, 0.15) is 17.4 Å². The third kappa shape index (κ3) is 3.25. The van der Waals surface area contributed by atoms with Crippen molar-refractivity contribution in [2.24, 2.45) is 0 Å². The molecular formula is C14H17ClO3. The number of aliphatic hydroxyl groups excluding tert-OH is 1. The predicted octanol–water partition coefficient (Wildman–Crippen LogP) is 3.94. The van der Waals surface area contributed by atoms with Crippen molar-refractivity contribution >= 4 is 22.6 Å². The third-order valence-electron chi connectivity index (χ3n) is 2.80. The van der Waals surface area contributed by atoms with Gasteiger partial charge in [-0.3, -0.25) is 0 Å². The van der Waals surface area contributed by atoms with Crippen LogP contribution in [-0.2, 0) is 4.74 Å². The summed E-state index contributed by atoms with van der Waals surface area (Å²) in [6, 6.07) is 7.26. The van der Waals surface area contributed by atoms with E-state index in [9.17, 15) is 5.11 Å². The van der Waals surface area contributed by atoms with Gasteiger partial charge in [0, 0.05) is 23.6 Å². The Morgan fingerprint density at radius 2 is 2.22 bits per heavy atom. The maximum atomic E-state index is 10.0. The molecule has 1 N–H and O–H groups in total. The lowest BCUT2D eigenvalue weighted by Crippen LogP contribution is -1.99. The number of aliphatic hydroxyl groups is 1. The summed E-state index contributed by atoms with van der Waals surface area (Å²) < 4.78 is 10.8. The van der Waals surface area contributed by atoms with E-state index in [1.807, 2.05) is 25.1 Å². The smallest absolute Gasteiger partial charge is 0.134 e. The van der Waals surface area contributed by atoms with E-state index >= 15 is 0 Å². The summed E-state index contributed by atoms with van der Waals surface area (Å²) in [6.45, 7) is 3.33. The summed E-state index contributed by atoms with van der Waals surface area (Å²) in [7, 11) is 0. The highest BCUT2D eigenvalue weighted by molar-refractivity contribution is 6.31. The molecule has 1 aromatic heterocycles. The summed E-state index contributed by atoms with van der Waals surface area (Å²) in [4.78, 5) is 0. The second-order valence-corrected chi connectivity index (χ2v) is 4.62. The van der Waals surface area contributed by atoms with Gasteiger partial charge < -0.3 is 14.3 Å². The van der Waals surface area contributed by atoms with Gasteiger partial charge in [-0.05, 0) is 44.0 Å². The molecule has 4 heteroatoms. The first kappa shape index (κ1) is 13.4. The molecule has 0 bridgehead atoms. The Hall–Kier alpha value is -1.03. The Morgan fingerprint density at radius 3 is 3.00 bits per heavy atom. The number of halogens is 1. The van der Waals surface area contributed by atoms with Crippen molar-refractivity contribution in [2.45, 2.75) is 25.9 Å². The van der Waals surface area contributed by atoms with Crippen molar-refractivity contribution in [1.82, 2.24) is 0 Å². The molecule has 0 spiro atoms. The highest BCUT2D eigenvalue weighted by Crippen LogP contribution is 2.28. The van der Waals surface area contributed by atoms with E-state index in [1.165, 1.54) is 0 Å². The standard InChI is InChI=1S/C14H17ClO3/c1-2-17-7-3-4-12(16)14-9-10-8-11(15)5-6-13(10)18-14/h5-6,8-9,12,16H,2-4,7H2,1H3. The van der Waals surface area contributed by atoms with Gasteiger partial charge in [-0.2, -0.15) is 0 Å². The molecule has 18 heavy (non-hydrogen) atoms. The molecule has 3 nitrogen and oxygen atoms in total. The Kier molecular flexibility index (Phi) is 4.64. The molecule has 0 aliphatic rings. The van der Waals surface area contributed by atoms with Gasteiger partial charge >= 0.3 is 0 Å². The fourth-order valence-corrected chi connectivity index (χ4v) is 2.04. The SMILES string of the molecule is CCOCCCC(O)c1cc2cc(Cl)ccc2o1. The van der Waals surface area contributed by atoms with Crippen LogP contribution in [-0.4, -0.2) is 18.3 Å². The largest absolute Gasteiger partial charge is 0.458 e. The number of hydrogen-bond donors (Lipinski definition) is 1. The molecule has 0 fully saturated rings. The number of furan rings is 1. The first-order valence-electron chi connectivity index (χ1n) is 6.15. The lowest BCUT2D eigenvalue weighted by Gasteiger charge is -2.06. The van der Waals surface area contributed by atoms with Crippen LogP contribution in [0.25, 0.3) is 11.0 Å². The normalized spacial score (nSPS) is 13.1. The molecule has 0 radical (unpaired) electrons. The third-order valence-corrected chi connectivity index (χ3v) is 3.03. The van der Waals surface area contributed by atoms with Crippen LogP contribution < -0.4 is 0 Å². The molecule has 98 valence electrons. The van der Waals surface area contributed by atoms with E-state index in [-0.39, 0.29) is 0 Å². The molecule has 1 unspecified atom stereocenters. The van der Waals surface area contributed by atoms with Crippen molar-refractivity contribution in [3.05, 3.63) is 35.0 Å². The van der Waals surface area contributed by atoms with Crippen LogP contribution in [0.1, 0.15) is 31.6 Å². The molecule has 1 aromatic carbocycles. The zero-order chi connectivity index (χ0) is 13.0. The number of fused-ring (bicyclic) bond motifs is 1. The zero-order valence-electron chi connectivity index (χ0n) is 10.4. The zero-order valence-corrected chi connectivity index (χ0v) is 11.1. The van der Waals surface area contributed by atoms with Gasteiger partial charge in [-0.15, -0.1) is 0 Å². The number of benzene rings is 1. The van der Waals surface area contributed by atoms with Crippen LogP contribution >= 0.6 is 11.6 Å². The molecule has 2 rings (SSSR count). The fourth-order valence-electron chi connectivity index (χ4n) is 1.86. The average Bonchev–Trinajstić information content (AvgIpc) is 2.77. The van der Waals surface area contributed by atoms with Crippen molar-refractivity contribution in [3.63, 3.8) is 0 Å². The van der Waals surface area contributed by atoms with Crippen LogP contribution in [0.5, 0.6) is 0 Å². The summed E-state index contributed by atoms with van der Waals surface area (Å²) in [5.74, 6) is 0.587. The number of ether oxygens (including phenoxy) is 1. The summed E-state index contributed by atoms with van der Waals surface area (Å²) in [5, 5.41) is 11.6. The summed E-state index contributed by atoms with van der Waals surface area (Å²) >= 11 is 5.91. The van der Waals surface area contributed by atoms with E-state index in [0.717, 1.165) is 17.4 Å².